The first-order chi connectivity index (χ1) is 8.52. The number of hydrogen-bond donors (Lipinski definition) is 5. The van der Waals surface area contributed by atoms with Crippen LogP contribution in [0.3, 0.4) is 0 Å². The van der Waals surface area contributed by atoms with Gasteiger partial charge in [-0.25, -0.2) is 0 Å². The molecule has 2 atom stereocenters. The van der Waals surface area contributed by atoms with E-state index in [0.29, 0.717) is 23.5 Å². The van der Waals surface area contributed by atoms with Crippen LogP contribution in [0.4, 0.5) is 17.1 Å². The van der Waals surface area contributed by atoms with Crippen molar-refractivity contribution in [2.75, 3.05) is 17.7 Å². The molecule has 0 bridgehead atoms. The summed E-state index contributed by atoms with van der Waals surface area (Å²) < 4.78 is 0. The maximum atomic E-state index is 10.8. The molecule has 18 heavy (non-hydrogen) atoms. The van der Waals surface area contributed by atoms with Crippen LogP contribution >= 0.6 is 0 Å². The Labute approximate surface area is 103 Å². The van der Waals surface area contributed by atoms with Gasteiger partial charge in [0, 0.05) is 18.7 Å². The van der Waals surface area contributed by atoms with E-state index >= 15 is 0 Å². The van der Waals surface area contributed by atoms with Crippen molar-refractivity contribution in [2.45, 2.75) is 19.0 Å². The van der Waals surface area contributed by atoms with Crippen molar-refractivity contribution in [3.05, 3.63) is 27.8 Å². The van der Waals surface area contributed by atoms with Gasteiger partial charge in [-0.15, -0.1) is 0 Å². The Morgan fingerprint density at radius 2 is 2.06 bits per heavy atom. The van der Waals surface area contributed by atoms with Crippen LogP contribution in [0.1, 0.15) is 5.56 Å². The summed E-state index contributed by atoms with van der Waals surface area (Å²) in [6.07, 6.45) is -2.36. The Morgan fingerprint density at radius 3 is 2.67 bits per heavy atom. The summed E-state index contributed by atoms with van der Waals surface area (Å²) in [6, 6.07) is 2.74. The van der Waals surface area contributed by atoms with Gasteiger partial charge in [-0.3, -0.25) is 10.1 Å². The van der Waals surface area contributed by atoms with Crippen LogP contribution in [-0.4, -0.2) is 34.6 Å². The lowest BCUT2D eigenvalue weighted by Crippen LogP contribution is -2.43. The highest BCUT2D eigenvalue weighted by Crippen LogP contribution is 2.35. The molecule has 1 aliphatic rings. The Balaban J connectivity index is 2.48. The summed E-state index contributed by atoms with van der Waals surface area (Å²) in [5.74, 6) is 0. The number of hydrogen-bond acceptors (Lipinski definition) is 7. The molecule has 1 aromatic rings. The van der Waals surface area contributed by atoms with Gasteiger partial charge in [-0.1, -0.05) is 0 Å². The fourth-order valence-electron chi connectivity index (χ4n) is 1.87. The Bertz CT molecular complexity index is 462. The van der Waals surface area contributed by atoms with Crippen molar-refractivity contribution in [1.29, 1.82) is 0 Å². The Hall–Kier alpha value is -1.90. The number of nitrogens with one attached hydrogen (secondary N) is 3. The molecule has 0 aromatic heterocycles. The van der Waals surface area contributed by atoms with E-state index in [0.717, 1.165) is 0 Å². The molecule has 0 fully saturated rings. The van der Waals surface area contributed by atoms with Crippen molar-refractivity contribution in [3.63, 3.8) is 0 Å². The monoisotopic (exact) mass is 254 g/mol. The van der Waals surface area contributed by atoms with Crippen LogP contribution in [0.5, 0.6) is 0 Å². The number of anilines is 2. The molecule has 5 N–H and O–H groups in total. The van der Waals surface area contributed by atoms with Gasteiger partial charge in [0.25, 0.3) is 5.69 Å². The van der Waals surface area contributed by atoms with Gasteiger partial charge in [0.05, 0.1) is 16.3 Å². The minimum Gasteiger partial charge on any atom is -0.369 e. The van der Waals surface area contributed by atoms with Crippen LogP contribution in [0.2, 0.25) is 0 Å². The number of fused-ring (bicyclic) bond motifs is 1. The molecule has 0 aliphatic carbocycles. The standard InChI is InChI=1S/C10H14N4O4/c1-11-4-5-2-6(14(17)18)3-7-8(5)13-10(16)9(15)12-7/h2-3,9-13,15-16H,4H2,1H3. The summed E-state index contributed by atoms with van der Waals surface area (Å²) in [6.45, 7) is 0.404. The fraction of sp³-hybridized carbons (Fsp3) is 0.400. The van der Waals surface area contributed by atoms with Crippen molar-refractivity contribution < 1.29 is 15.1 Å². The predicted octanol–water partition coefficient (Wildman–Crippen LogP) is -0.212. The number of benzene rings is 1. The largest absolute Gasteiger partial charge is 0.369 e. The van der Waals surface area contributed by atoms with E-state index in [9.17, 15) is 20.3 Å². The molecule has 8 heteroatoms. The van der Waals surface area contributed by atoms with E-state index in [2.05, 4.69) is 16.0 Å². The van der Waals surface area contributed by atoms with Crippen LogP contribution in [-0.2, 0) is 6.54 Å². The third-order valence-electron chi connectivity index (χ3n) is 2.68. The number of nitrogens with zero attached hydrogens (tertiary/aromatic N) is 1. The van der Waals surface area contributed by atoms with Crippen LogP contribution in [0.15, 0.2) is 12.1 Å². The molecule has 1 aliphatic heterocycles. The molecule has 1 heterocycles. The smallest absolute Gasteiger partial charge is 0.271 e. The molecule has 0 saturated heterocycles. The van der Waals surface area contributed by atoms with Crippen LogP contribution < -0.4 is 16.0 Å². The average Bonchev–Trinajstić information content (AvgIpc) is 2.31. The first kappa shape index (κ1) is 12.6. The van der Waals surface area contributed by atoms with Crippen LogP contribution in [0, 0.1) is 10.1 Å². The zero-order valence-corrected chi connectivity index (χ0v) is 9.67. The lowest BCUT2D eigenvalue weighted by molar-refractivity contribution is -0.384. The first-order valence-electron chi connectivity index (χ1n) is 5.38. The SMILES string of the molecule is CNCc1cc([N+](=O)[O-])cc2c1NC(O)C(O)N2. The summed E-state index contributed by atoms with van der Waals surface area (Å²) in [5.41, 5.74) is 1.51. The summed E-state index contributed by atoms with van der Waals surface area (Å²) >= 11 is 0. The number of non-ortho nitro benzene ring substituents is 1. The molecule has 0 saturated carbocycles. The zero-order valence-electron chi connectivity index (χ0n) is 9.67. The van der Waals surface area contributed by atoms with E-state index in [-0.39, 0.29) is 5.69 Å². The molecule has 0 spiro atoms. The maximum absolute atomic E-state index is 10.8. The topological polar surface area (TPSA) is 120 Å². The Morgan fingerprint density at radius 1 is 1.39 bits per heavy atom. The number of nitro groups is 1. The molecule has 0 radical (unpaired) electrons. The maximum Gasteiger partial charge on any atom is 0.271 e. The van der Waals surface area contributed by atoms with E-state index in [1.54, 1.807) is 7.05 Å². The molecule has 2 unspecified atom stereocenters. The van der Waals surface area contributed by atoms with Gasteiger partial charge < -0.3 is 26.2 Å². The lowest BCUT2D eigenvalue weighted by atomic mass is 10.1. The van der Waals surface area contributed by atoms with Gasteiger partial charge in [-0.05, 0) is 12.6 Å². The summed E-state index contributed by atoms with van der Waals surface area (Å²) in [4.78, 5) is 10.3. The highest BCUT2D eigenvalue weighted by atomic mass is 16.6. The normalized spacial score (nSPS) is 21.7. The highest BCUT2D eigenvalue weighted by molar-refractivity contribution is 5.77. The second-order valence-corrected chi connectivity index (χ2v) is 3.99. The molecule has 98 valence electrons. The minimum absolute atomic E-state index is 0.0723. The fourth-order valence-corrected chi connectivity index (χ4v) is 1.87. The molecule has 0 amide bonds. The third kappa shape index (κ3) is 2.21. The van der Waals surface area contributed by atoms with Gasteiger partial charge >= 0.3 is 0 Å². The molecular weight excluding hydrogens is 240 g/mol. The van der Waals surface area contributed by atoms with Gasteiger partial charge in [0.1, 0.15) is 0 Å². The van der Waals surface area contributed by atoms with E-state index in [1.165, 1.54) is 12.1 Å². The van der Waals surface area contributed by atoms with Crippen LogP contribution in [0.25, 0.3) is 0 Å². The van der Waals surface area contributed by atoms with Crippen molar-refractivity contribution in [1.82, 2.24) is 5.32 Å². The third-order valence-corrected chi connectivity index (χ3v) is 2.68. The van der Waals surface area contributed by atoms with Crippen molar-refractivity contribution in [2.24, 2.45) is 0 Å². The molecule has 2 rings (SSSR count). The second-order valence-electron chi connectivity index (χ2n) is 3.99. The quantitative estimate of drug-likeness (QED) is 0.374. The molecule has 8 nitrogen and oxygen atoms in total. The summed E-state index contributed by atoms with van der Waals surface area (Å²) in [7, 11) is 1.72. The van der Waals surface area contributed by atoms with E-state index in [4.69, 9.17) is 0 Å². The first-order valence-corrected chi connectivity index (χ1v) is 5.38. The minimum atomic E-state index is -1.21. The van der Waals surface area contributed by atoms with Crippen molar-refractivity contribution >= 4 is 17.1 Å². The zero-order chi connectivity index (χ0) is 13.3. The van der Waals surface area contributed by atoms with E-state index < -0.39 is 17.4 Å². The van der Waals surface area contributed by atoms with E-state index in [1.807, 2.05) is 0 Å². The molecular formula is C10H14N4O4. The predicted molar refractivity (Wildman–Crippen MR) is 65.1 cm³/mol. The highest BCUT2D eigenvalue weighted by Gasteiger charge is 2.27. The second kappa shape index (κ2) is 4.77. The average molecular weight is 254 g/mol. The number of aliphatic hydroxyl groups is 2. The number of rotatable bonds is 3. The van der Waals surface area contributed by atoms with Gasteiger partial charge in [0.2, 0.25) is 0 Å². The number of aliphatic hydroxyl groups excluding tert-OH is 2. The van der Waals surface area contributed by atoms with Gasteiger partial charge in [0.15, 0.2) is 12.5 Å². The lowest BCUT2D eigenvalue weighted by Gasteiger charge is -2.30. The summed E-state index contributed by atoms with van der Waals surface area (Å²) in [5, 5.41) is 38.0. The van der Waals surface area contributed by atoms with Gasteiger partial charge in [-0.2, -0.15) is 0 Å². The molecule has 1 aromatic carbocycles. The Kier molecular flexibility index (Phi) is 3.32. The number of nitro benzene ring substituents is 1. The van der Waals surface area contributed by atoms with Crippen molar-refractivity contribution in [3.8, 4) is 0 Å².